The number of thiophene rings is 1. The zero-order chi connectivity index (χ0) is 14.9. The van der Waals surface area contributed by atoms with Crippen LogP contribution in [0.25, 0.3) is 10.2 Å². The molecule has 5 heteroatoms. The quantitative estimate of drug-likeness (QED) is 0.873. The molecule has 0 aliphatic heterocycles. The summed E-state index contributed by atoms with van der Waals surface area (Å²) in [6, 6.07) is 2.22. The van der Waals surface area contributed by atoms with Gasteiger partial charge in [-0.05, 0) is 38.2 Å². The number of anilines is 1. The molecule has 1 aliphatic carbocycles. The topological polar surface area (TPSA) is 47.0 Å². The molecular formula is C16H23N3OS. The maximum absolute atomic E-state index is 5.75. The van der Waals surface area contributed by atoms with Gasteiger partial charge in [-0.25, -0.2) is 9.97 Å². The molecule has 0 aromatic carbocycles. The molecule has 2 aromatic rings. The van der Waals surface area contributed by atoms with E-state index in [0.29, 0.717) is 0 Å². The number of nitrogens with zero attached hydrogens (tertiary/aromatic N) is 2. The van der Waals surface area contributed by atoms with Gasteiger partial charge >= 0.3 is 0 Å². The van der Waals surface area contributed by atoms with Gasteiger partial charge in [0.1, 0.15) is 16.2 Å². The van der Waals surface area contributed by atoms with E-state index in [4.69, 9.17) is 14.7 Å². The Kier molecular flexibility index (Phi) is 4.13. The second kappa shape index (κ2) is 5.89. The first-order chi connectivity index (χ1) is 10.2. The standard InChI is InChI=1S/C16H23N3OS/c1-4-9-17-13-12-10-11(5-2)21-14(12)19-15(18-13)16(20-3)7-6-8-16/h10H,4-9H2,1-3H3,(H,17,18,19). The predicted molar refractivity (Wildman–Crippen MR) is 88.1 cm³/mol. The van der Waals surface area contributed by atoms with E-state index in [9.17, 15) is 0 Å². The highest BCUT2D eigenvalue weighted by Crippen LogP contribution is 2.44. The fourth-order valence-corrected chi connectivity index (χ4v) is 3.71. The van der Waals surface area contributed by atoms with Gasteiger partial charge in [-0.15, -0.1) is 11.3 Å². The third-order valence-corrected chi connectivity index (χ3v) is 5.47. The summed E-state index contributed by atoms with van der Waals surface area (Å²) in [6.45, 7) is 5.28. The van der Waals surface area contributed by atoms with E-state index in [-0.39, 0.29) is 5.60 Å². The van der Waals surface area contributed by atoms with Gasteiger partial charge < -0.3 is 10.1 Å². The molecule has 21 heavy (non-hydrogen) atoms. The van der Waals surface area contributed by atoms with Crippen molar-refractivity contribution in [3.63, 3.8) is 0 Å². The summed E-state index contributed by atoms with van der Waals surface area (Å²) in [5.41, 5.74) is -0.257. The van der Waals surface area contributed by atoms with Gasteiger partial charge in [0.15, 0.2) is 5.82 Å². The minimum atomic E-state index is -0.257. The van der Waals surface area contributed by atoms with Crippen molar-refractivity contribution in [2.45, 2.75) is 51.6 Å². The van der Waals surface area contributed by atoms with Crippen LogP contribution in [0.3, 0.4) is 0 Å². The number of aromatic nitrogens is 2. The largest absolute Gasteiger partial charge is 0.370 e. The smallest absolute Gasteiger partial charge is 0.164 e. The van der Waals surface area contributed by atoms with E-state index in [1.807, 2.05) is 0 Å². The van der Waals surface area contributed by atoms with Crippen LogP contribution in [-0.2, 0) is 16.8 Å². The summed E-state index contributed by atoms with van der Waals surface area (Å²) >= 11 is 1.77. The van der Waals surface area contributed by atoms with Crippen molar-refractivity contribution in [2.24, 2.45) is 0 Å². The van der Waals surface area contributed by atoms with E-state index in [0.717, 1.165) is 54.1 Å². The van der Waals surface area contributed by atoms with Gasteiger partial charge in [0.05, 0.1) is 5.39 Å². The molecule has 1 fully saturated rings. The molecule has 1 aliphatic rings. The van der Waals surface area contributed by atoms with Gasteiger partial charge in [-0.3, -0.25) is 0 Å². The number of fused-ring (bicyclic) bond motifs is 1. The van der Waals surface area contributed by atoms with Crippen LogP contribution >= 0.6 is 11.3 Å². The Balaban J connectivity index is 2.09. The molecule has 0 radical (unpaired) electrons. The Labute approximate surface area is 129 Å². The van der Waals surface area contributed by atoms with Crippen LogP contribution in [0.1, 0.15) is 50.2 Å². The highest BCUT2D eigenvalue weighted by atomic mass is 32.1. The maximum atomic E-state index is 5.75. The number of methoxy groups -OCH3 is 1. The monoisotopic (exact) mass is 305 g/mol. The minimum Gasteiger partial charge on any atom is -0.370 e. The molecule has 1 N–H and O–H groups in total. The molecule has 2 heterocycles. The molecule has 1 saturated carbocycles. The summed E-state index contributed by atoms with van der Waals surface area (Å²) in [6.07, 6.45) is 5.36. The first-order valence-corrected chi connectivity index (χ1v) is 8.64. The first kappa shape index (κ1) is 14.7. The van der Waals surface area contributed by atoms with Gasteiger partial charge in [-0.1, -0.05) is 13.8 Å². The molecular weight excluding hydrogens is 282 g/mol. The van der Waals surface area contributed by atoms with Crippen LogP contribution in [0, 0.1) is 0 Å². The number of hydrogen-bond donors (Lipinski definition) is 1. The lowest BCUT2D eigenvalue weighted by molar-refractivity contribution is -0.0843. The molecule has 3 rings (SSSR count). The summed E-state index contributed by atoms with van der Waals surface area (Å²) in [4.78, 5) is 12.1. The van der Waals surface area contributed by atoms with E-state index < -0.39 is 0 Å². The van der Waals surface area contributed by atoms with E-state index >= 15 is 0 Å². The number of rotatable bonds is 6. The molecule has 2 aromatic heterocycles. The van der Waals surface area contributed by atoms with Gasteiger partial charge in [0.2, 0.25) is 0 Å². The highest BCUT2D eigenvalue weighted by molar-refractivity contribution is 7.18. The second-order valence-electron chi connectivity index (χ2n) is 5.66. The third kappa shape index (κ3) is 2.53. The Bertz CT molecular complexity index is 628. The second-order valence-corrected chi connectivity index (χ2v) is 6.77. The molecule has 0 bridgehead atoms. The highest BCUT2D eigenvalue weighted by Gasteiger charge is 2.42. The average molecular weight is 305 g/mol. The van der Waals surface area contributed by atoms with Crippen molar-refractivity contribution in [3.8, 4) is 0 Å². The summed E-state index contributed by atoms with van der Waals surface area (Å²) in [5, 5.41) is 4.61. The van der Waals surface area contributed by atoms with Crippen molar-refractivity contribution in [2.75, 3.05) is 19.0 Å². The molecule has 0 spiro atoms. The fraction of sp³-hybridized carbons (Fsp3) is 0.625. The predicted octanol–water partition coefficient (Wildman–Crippen LogP) is 4.10. The fourth-order valence-electron chi connectivity index (χ4n) is 2.74. The normalized spacial score (nSPS) is 16.9. The Morgan fingerprint density at radius 2 is 2.14 bits per heavy atom. The van der Waals surface area contributed by atoms with E-state index in [1.54, 1.807) is 18.4 Å². The molecule has 0 unspecified atom stereocenters. The molecule has 0 amide bonds. The minimum absolute atomic E-state index is 0.257. The Hall–Kier alpha value is -1.20. The molecule has 114 valence electrons. The number of hydrogen-bond acceptors (Lipinski definition) is 5. The lowest BCUT2D eigenvalue weighted by Crippen LogP contribution is -2.38. The van der Waals surface area contributed by atoms with E-state index in [2.05, 4.69) is 25.2 Å². The Morgan fingerprint density at radius 3 is 2.71 bits per heavy atom. The summed E-state index contributed by atoms with van der Waals surface area (Å²) in [7, 11) is 1.78. The average Bonchev–Trinajstić information content (AvgIpc) is 2.87. The van der Waals surface area contributed by atoms with Gasteiger partial charge in [-0.2, -0.15) is 0 Å². The number of aryl methyl sites for hydroxylation is 1. The SMILES string of the molecule is CCCNc1nc(C2(OC)CCC2)nc2sc(CC)cc12. The molecule has 4 nitrogen and oxygen atoms in total. The summed E-state index contributed by atoms with van der Waals surface area (Å²) in [5.74, 6) is 1.82. The van der Waals surface area contributed by atoms with Crippen molar-refractivity contribution in [1.29, 1.82) is 0 Å². The third-order valence-electron chi connectivity index (χ3n) is 4.29. The van der Waals surface area contributed by atoms with E-state index in [1.165, 1.54) is 11.3 Å². The van der Waals surface area contributed by atoms with Gasteiger partial charge in [0, 0.05) is 18.5 Å². The van der Waals surface area contributed by atoms with Gasteiger partial charge in [0.25, 0.3) is 0 Å². The zero-order valence-electron chi connectivity index (χ0n) is 13.0. The van der Waals surface area contributed by atoms with Crippen LogP contribution in [0.15, 0.2) is 6.07 Å². The van der Waals surface area contributed by atoms with Crippen LogP contribution in [0.4, 0.5) is 5.82 Å². The van der Waals surface area contributed by atoms with Crippen LogP contribution < -0.4 is 5.32 Å². The number of nitrogens with one attached hydrogen (secondary N) is 1. The lowest BCUT2D eigenvalue weighted by Gasteiger charge is -2.38. The van der Waals surface area contributed by atoms with Crippen molar-refractivity contribution < 1.29 is 4.74 Å². The summed E-state index contributed by atoms with van der Waals surface area (Å²) < 4.78 is 5.75. The van der Waals surface area contributed by atoms with Crippen molar-refractivity contribution in [1.82, 2.24) is 9.97 Å². The van der Waals surface area contributed by atoms with Crippen LogP contribution in [-0.4, -0.2) is 23.6 Å². The lowest BCUT2D eigenvalue weighted by atomic mass is 9.79. The van der Waals surface area contributed by atoms with Crippen LogP contribution in [0.2, 0.25) is 0 Å². The maximum Gasteiger partial charge on any atom is 0.164 e. The number of ether oxygens (including phenoxy) is 1. The molecule has 0 atom stereocenters. The zero-order valence-corrected chi connectivity index (χ0v) is 13.8. The van der Waals surface area contributed by atoms with Crippen molar-refractivity contribution in [3.05, 3.63) is 16.8 Å². The molecule has 0 saturated heterocycles. The van der Waals surface area contributed by atoms with Crippen molar-refractivity contribution >= 4 is 27.4 Å². The first-order valence-electron chi connectivity index (χ1n) is 7.82. The van der Waals surface area contributed by atoms with Crippen LogP contribution in [0.5, 0.6) is 0 Å². The Morgan fingerprint density at radius 1 is 1.33 bits per heavy atom.